The number of hydrogen-bond acceptors (Lipinski definition) is 5. The topological polar surface area (TPSA) is 24.9 Å². The molecule has 20 heavy (non-hydrogen) atoms. The molecule has 2 atom stereocenters. The number of nitrogens with one attached hydrogen (secondary N) is 1. The van der Waals surface area contributed by atoms with E-state index in [-0.39, 0.29) is 0 Å². The predicted molar refractivity (Wildman–Crippen MR) is 95.3 cm³/mol. The molecule has 2 heterocycles. The van der Waals surface area contributed by atoms with Crippen molar-refractivity contribution >= 4 is 34.9 Å². The fraction of sp³-hybridized carbons (Fsp3) is 0.800. The van der Waals surface area contributed by atoms with E-state index in [0.717, 1.165) is 18.3 Å². The maximum absolute atomic E-state index is 5.03. The van der Waals surface area contributed by atoms with Crippen LogP contribution in [0.2, 0.25) is 0 Å². The monoisotopic (exact) mass is 330 g/mol. The molecule has 0 radical (unpaired) electrons. The number of thiazole rings is 1. The molecule has 1 aliphatic rings. The first-order valence-electron chi connectivity index (χ1n) is 7.60. The molecule has 0 amide bonds. The highest BCUT2D eigenvalue weighted by Crippen LogP contribution is 2.46. The zero-order valence-electron chi connectivity index (χ0n) is 12.9. The van der Waals surface area contributed by atoms with Crippen LogP contribution in [0, 0.1) is 0 Å². The van der Waals surface area contributed by atoms with Gasteiger partial charge in [0, 0.05) is 28.2 Å². The zero-order chi connectivity index (χ0) is 14.5. The van der Waals surface area contributed by atoms with E-state index in [1.165, 1.54) is 33.5 Å². The molecule has 5 heteroatoms. The molecule has 1 N–H and O–H groups in total. The van der Waals surface area contributed by atoms with Crippen molar-refractivity contribution in [1.82, 2.24) is 10.3 Å². The van der Waals surface area contributed by atoms with Gasteiger partial charge in [0.1, 0.15) is 5.01 Å². The minimum absolute atomic E-state index is 0.523. The van der Waals surface area contributed by atoms with Crippen LogP contribution in [-0.2, 0) is 6.54 Å². The lowest BCUT2D eigenvalue weighted by molar-refractivity contribution is 0.711. The molecular weight excluding hydrogens is 304 g/mol. The Labute approximate surface area is 135 Å². The van der Waals surface area contributed by atoms with Crippen LogP contribution in [0.25, 0.3) is 0 Å². The highest BCUT2D eigenvalue weighted by molar-refractivity contribution is 8.06. The summed E-state index contributed by atoms with van der Waals surface area (Å²) in [6, 6.07) is 0. The van der Waals surface area contributed by atoms with Gasteiger partial charge in [-0.05, 0) is 18.9 Å². The van der Waals surface area contributed by atoms with Gasteiger partial charge in [0.25, 0.3) is 0 Å². The summed E-state index contributed by atoms with van der Waals surface area (Å²) in [4.78, 5) is 6.48. The summed E-state index contributed by atoms with van der Waals surface area (Å²) in [5.41, 5.74) is 1.32. The molecule has 1 fully saturated rings. The lowest BCUT2D eigenvalue weighted by Crippen LogP contribution is -2.18. The summed E-state index contributed by atoms with van der Waals surface area (Å²) < 4.78 is 0. The summed E-state index contributed by atoms with van der Waals surface area (Å²) in [5, 5.41) is 6.18. The van der Waals surface area contributed by atoms with E-state index in [9.17, 15) is 0 Å². The zero-order valence-corrected chi connectivity index (χ0v) is 15.4. The Kier molecular flexibility index (Phi) is 6.72. The van der Waals surface area contributed by atoms with E-state index in [0.29, 0.717) is 11.2 Å². The van der Waals surface area contributed by atoms with Crippen molar-refractivity contribution in [3.05, 3.63) is 15.6 Å². The van der Waals surface area contributed by atoms with Gasteiger partial charge in [-0.1, -0.05) is 27.7 Å². The molecule has 2 nitrogen and oxygen atoms in total. The van der Waals surface area contributed by atoms with E-state index in [1.807, 2.05) is 11.3 Å². The van der Waals surface area contributed by atoms with Crippen LogP contribution in [0.1, 0.15) is 60.9 Å². The first-order chi connectivity index (χ1) is 9.67. The van der Waals surface area contributed by atoms with Crippen LogP contribution < -0.4 is 5.32 Å². The average molecular weight is 331 g/mol. The molecule has 0 aromatic carbocycles. The van der Waals surface area contributed by atoms with Gasteiger partial charge in [-0.3, -0.25) is 0 Å². The summed E-state index contributed by atoms with van der Waals surface area (Å²) >= 11 is 6.20. The molecule has 2 unspecified atom stereocenters. The minimum atomic E-state index is 0.523. The van der Waals surface area contributed by atoms with E-state index in [1.54, 1.807) is 0 Å². The first kappa shape index (κ1) is 16.7. The molecule has 1 aromatic rings. The van der Waals surface area contributed by atoms with Crippen molar-refractivity contribution in [1.29, 1.82) is 0 Å². The van der Waals surface area contributed by atoms with Crippen molar-refractivity contribution in [2.24, 2.45) is 0 Å². The molecule has 0 aliphatic carbocycles. The fourth-order valence-electron chi connectivity index (χ4n) is 2.45. The summed E-state index contributed by atoms with van der Waals surface area (Å²) in [6.07, 6.45) is 1.25. The fourth-order valence-corrected chi connectivity index (χ4v) is 7.06. The maximum atomic E-state index is 5.03. The Bertz CT molecular complexity index is 417. The van der Waals surface area contributed by atoms with Gasteiger partial charge in [-0.15, -0.1) is 23.1 Å². The minimum Gasteiger partial charge on any atom is -0.312 e. The standard InChI is InChI=1S/C15H26N2S3/c1-5-11-14(19-8-7-18-11)15-17-13(10(3)4)12(20-15)9-16-6-2/h10-11,14,16H,5-9H2,1-4H3. The predicted octanol–water partition coefficient (Wildman–Crippen LogP) is 4.68. The number of rotatable bonds is 6. The molecule has 1 aliphatic heterocycles. The molecular formula is C15H26N2S3. The second-order valence-electron chi connectivity index (χ2n) is 5.40. The van der Waals surface area contributed by atoms with Crippen LogP contribution in [0.3, 0.4) is 0 Å². The third-order valence-electron chi connectivity index (χ3n) is 3.52. The highest BCUT2D eigenvalue weighted by Gasteiger charge is 2.30. The van der Waals surface area contributed by atoms with E-state index >= 15 is 0 Å². The van der Waals surface area contributed by atoms with Crippen molar-refractivity contribution in [2.75, 3.05) is 18.1 Å². The third-order valence-corrected chi connectivity index (χ3v) is 8.08. The van der Waals surface area contributed by atoms with Gasteiger partial charge in [0.2, 0.25) is 0 Å². The van der Waals surface area contributed by atoms with Gasteiger partial charge in [0.15, 0.2) is 0 Å². The Morgan fingerprint density at radius 2 is 2.00 bits per heavy atom. The summed E-state index contributed by atoms with van der Waals surface area (Å²) in [6.45, 7) is 11.0. The SMILES string of the molecule is CCNCc1sc(C2SCCSC2CC)nc1C(C)C. The van der Waals surface area contributed by atoms with Crippen LogP contribution in [-0.4, -0.2) is 28.3 Å². The summed E-state index contributed by atoms with van der Waals surface area (Å²) in [7, 11) is 0. The molecule has 2 rings (SSSR count). The third kappa shape index (κ3) is 3.93. The molecule has 1 aromatic heterocycles. The molecule has 0 bridgehead atoms. The second-order valence-corrected chi connectivity index (χ2v) is 9.12. The smallest absolute Gasteiger partial charge is 0.107 e. The number of nitrogens with zero attached hydrogens (tertiary/aromatic N) is 1. The van der Waals surface area contributed by atoms with Crippen LogP contribution in [0.4, 0.5) is 0 Å². The lowest BCUT2D eigenvalue weighted by Gasteiger charge is -2.28. The van der Waals surface area contributed by atoms with Crippen LogP contribution >= 0.6 is 34.9 Å². The summed E-state index contributed by atoms with van der Waals surface area (Å²) in [5.74, 6) is 3.09. The van der Waals surface area contributed by atoms with Gasteiger partial charge < -0.3 is 5.32 Å². The van der Waals surface area contributed by atoms with E-state index in [2.05, 4.69) is 56.5 Å². The maximum Gasteiger partial charge on any atom is 0.107 e. The van der Waals surface area contributed by atoms with Gasteiger partial charge >= 0.3 is 0 Å². The van der Waals surface area contributed by atoms with E-state index in [4.69, 9.17) is 4.98 Å². The van der Waals surface area contributed by atoms with Crippen LogP contribution in [0.5, 0.6) is 0 Å². The highest BCUT2D eigenvalue weighted by atomic mass is 32.2. The Balaban J connectivity index is 2.22. The average Bonchev–Trinajstić information content (AvgIpc) is 2.89. The molecule has 114 valence electrons. The molecule has 0 spiro atoms. The Morgan fingerprint density at radius 3 is 2.65 bits per heavy atom. The van der Waals surface area contributed by atoms with Crippen molar-refractivity contribution in [3.63, 3.8) is 0 Å². The van der Waals surface area contributed by atoms with Gasteiger partial charge in [-0.2, -0.15) is 11.8 Å². The second kappa shape index (κ2) is 8.06. The number of thioether (sulfide) groups is 2. The van der Waals surface area contributed by atoms with E-state index < -0.39 is 0 Å². The largest absolute Gasteiger partial charge is 0.312 e. The quantitative estimate of drug-likeness (QED) is 0.819. The normalized spacial score (nSPS) is 23.4. The van der Waals surface area contributed by atoms with Crippen molar-refractivity contribution in [2.45, 2.75) is 57.1 Å². The first-order valence-corrected chi connectivity index (χ1v) is 10.5. The number of aromatic nitrogens is 1. The van der Waals surface area contributed by atoms with Crippen molar-refractivity contribution < 1.29 is 0 Å². The number of hydrogen-bond donors (Lipinski definition) is 1. The Hall–Kier alpha value is 0.290. The molecule has 1 saturated heterocycles. The van der Waals surface area contributed by atoms with Gasteiger partial charge in [0.05, 0.1) is 10.9 Å². The lowest BCUT2D eigenvalue weighted by atomic mass is 10.1. The van der Waals surface area contributed by atoms with Crippen molar-refractivity contribution in [3.8, 4) is 0 Å². The van der Waals surface area contributed by atoms with Gasteiger partial charge in [-0.25, -0.2) is 4.98 Å². The molecule has 0 saturated carbocycles. The van der Waals surface area contributed by atoms with Crippen LogP contribution in [0.15, 0.2) is 0 Å². The Morgan fingerprint density at radius 1 is 1.25 bits per heavy atom.